The van der Waals surface area contributed by atoms with Crippen molar-refractivity contribution in [1.29, 1.82) is 0 Å². The average Bonchev–Trinajstić information content (AvgIpc) is 3.15. The highest BCUT2D eigenvalue weighted by Gasteiger charge is 2.48. The maximum absolute atomic E-state index is 12.2. The van der Waals surface area contributed by atoms with E-state index >= 15 is 0 Å². The molecule has 3 nitrogen and oxygen atoms in total. The van der Waals surface area contributed by atoms with Gasteiger partial charge in [0.2, 0.25) is 0 Å². The zero-order valence-corrected chi connectivity index (χ0v) is 11.6. The summed E-state index contributed by atoms with van der Waals surface area (Å²) in [4.78, 5) is 14.3. The molecule has 1 amide bonds. The first kappa shape index (κ1) is 11.4. The third-order valence-corrected chi connectivity index (χ3v) is 5.48. The SMILES string of the molecule is COc1ccc2c(c1)SC1=C(C2)CC2(CC2)NC1=O. The first-order valence-electron chi connectivity index (χ1n) is 6.58. The number of rotatable bonds is 1. The minimum absolute atomic E-state index is 0.112. The van der Waals surface area contributed by atoms with E-state index in [1.807, 2.05) is 12.1 Å². The van der Waals surface area contributed by atoms with E-state index in [1.54, 1.807) is 18.9 Å². The monoisotopic (exact) mass is 273 g/mol. The van der Waals surface area contributed by atoms with Crippen LogP contribution in [0.3, 0.4) is 0 Å². The Hall–Kier alpha value is -1.42. The molecule has 4 rings (SSSR count). The minimum Gasteiger partial charge on any atom is -0.497 e. The Labute approximate surface area is 116 Å². The van der Waals surface area contributed by atoms with Crippen molar-refractivity contribution in [3.63, 3.8) is 0 Å². The lowest BCUT2D eigenvalue weighted by Gasteiger charge is -2.31. The van der Waals surface area contributed by atoms with Crippen LogP contribution in [-0.2, 0) is 11.2 Å². The van der Waals surface area contributed by atoms with Crippen molar-refractivity contribution in [2.75, 3.05) is 7.11 Å². The van der Waals surface area contributed by atoms with E-state index in [0.717, 1.165) is 41.2 Å². The van der Waals surface area contributed by atoms with Gasteiger partial charge in [0, 0.05) is 10.4 Å². The first-order chi connectivity index (χ1) is 9.19. The van der Waals surface area contributed by atoms with Gasteiger partial charge < -0.3 is 10.1 Å². The quantitative estimate of drug-likeness (QED) is 0.855. The Morgan fingerprint density at radius 1 is 1.37 bits per heavy atom. The third kappa shape index (κ3) is 1.77. The highest BCUT2D eigenvalue weighted by atomic mass is 32.2. The maximum Gasteiger partial charge on any atom is 0.258 e. The normalized spacial score (nSPS) is 22.7. The topological polar surface area (TPSA) is 38.3 Å². The minimum atomic E-state index is 0.112. The third-order valence-electron chi connectivity index (χ3n) is 4.20. The summed E-state index contributed by atoms with van der Waals surface area (Å²) in [5.74, 6) is 0.974. The van der Waals surface area contributed by atoms with E-state index in [9.17, 15) is 4.79 Å². The first-order valence-corrected chi connectivity index (χ1v) is 7.40. The van der Waals surface area contributed by atoms with E-state index in [1.165, 1.54) is 11.1 Å². The standard InChI is InChI=1S/C15H15NO2S/c1-18-11-3-2-9-6-10-8-15(4-5-15)16-14(17)13(10)19-12(9)7-11/h2-3,7H,4-6,8H2,1H3,(H,16,17). The van der Waals surface area contributed by atoms with Gasteiger partial charge in [-0.1, -0.05) is 17.8 Å². The predicted octanol–water partition coefficient (Wildman–Crippen LogP) is 2.65. The number of benzene rings is 1. The van der Waals surface area contributed by atoms with Gasteiger partial charge in [0.25, 0.3) is 5.91 Å². The Balaban J connectivity index is 1.72. The number of amides is 1. The summed E-state index contributed by atoms with van der Waals surface area (Å²) >= 11 is 1.59. The van der Waals surface area contributed by atoms with Gasteiger partial charge in [-0.25, -0.2) is 0 Å². The number of fused-ring (bicyclic) bond motifs is 1. The maximum atomic E-state index is 12.2. The molecule has 0 aromatic heterocycles. The summed E-state index contributed by atoms with van der Waals surface area (Å²) in [6.45, 7) is 0. The second-order valence-electron chi connectivity index (χ2n) is 5.60. The molecular weight excluding hydrogens is 258 g/mol. The summed E-state index contributed by atoms with van der Waals surface area (Å²) in [5.41, 5.74) is 2.75. The molecule has 0 unspecified atom stereocenters. The summed E-state index contributed by atoms with van der Waals surface area (Å²) in [5, 5.41) is 3.18. The number of ether oxygens (including phenoxy) is 1. The smallest absolute Gasteiger partial charge is 0.258 e. The van der Waals surface area contributed by atoms with Gasteiger partial charge >= 0.3 is 0 Å². The number of methoxy groups -OCH3 is 1. The molecule has 0 saturated heterocycles. The van der Waals surface area contributed by atoms with Crippen molar-refractivity contribution in [1.82, 2.24) is 5.32 Å². The van der Waals surface area contributed by atoms with Crippen LogP contribution in [0.15, 0.2) is 33.6 Å². The number of carbonyl (C=O) groups is 1. The van der Waals surface area contributed by atoms with Gasteiger partial charge in [-0.2, -0.15) is 0 Å². The molecule has 19 heavy (non-hydrogen) atoms. The van der Waals surface area contributed by atoms with E-state index in [2.05, 4.69) is 11.4 Å². The van der Waals surface area contributed by atoms with Crippen LogP contribution in [0.5, 0.6) is 5.75 Å². The molecule has 3 aliphatic rings. The van der Waals surface area contributed by atoms with Gasteiger partial charge in [0.15, 0.2) is 0 Å². The Morgan fingerprint density at radius 3 is 2.95 bits per heavy atom. The zero-order valence-electron chi connectivity index (χ0n) is 10.8. The number of carbonyl (C=O) groups excluding carboxylic acids is 1. The zero-order chi connectivity index (χ0) is 13.0. The van der Waals surface area contributed by atoms with Crippen molar-refractivity contribution >= 4 is 17.7 Å². The number of hydrogen-bond donors (Lipinski definition) is 1. The van der Waals surface area contributed by atoms with Crippen LogP contribution in [-0.4, -0.2) is 18.6 Å². The molecule has 1 N–H and O–H groups in total. The lowest BCUT2D eigenvalue weighted by atomic mass is 9.93. The van der Waals surface area contributed by atoms with Crippen molar-refractivity contribution in [2.24, 2.45) is 0 Å². The van der Waals surface area contributed by atoms with Crippen molar-refractivity contribution in [3.05, 3.63) is 34.2 Å². The molecule has 1 saturated carbocycles. The van der Waals surface area contributed by atoms with Gasteiger partial charge in [0.05, 0.1) is 12.0 Å². The predicted molar refractivity (Wildman–Crippen MR) is 74.3 cm³/mol. The highest BCUT2D eigenvalue weighted by Crippen LogP contribution is 2.50. The number of nitrogens with one attached hydrogen (secondary N) is 1. The molecule has 0 bridgehead atoms. The Kier molecular flexibility index (Phi) is 2.28. The van der Waals surface area contributed by atoms with E-state index in [0.29, 0.717) is 0 Å². The fraction of sp³-hybridized carbons (Fsp3) is 0.400. The summed E-state index contributed by atoms with van der Waals surface area (Å²) < 4.78 is 5.26. The number of thioether (sulfide) groups is 1. The number of hydrogen-bond acceptors (Lipinski definition) is 3. The molecule has 2 aliphatic heterocycles. The van der Waals surface area contributed by atoms with Gasteiger partial charge in [-0.15, -0.1) is 0 Å². The second-order valence-corrected chi connectivity index (χ2v) is 6.65. The largest absolute Gasteiger partial charge is 0.497 e. The van der Waals surface area contributed by atoms with Crippen LogP contribution in [0.25, 0.3) is 0 Å². The lowest BCUT2D eigenvalue weighted by Crippen LogP contribution is -2.42. The van der Waals surface area contributed by atoms with Crippen molar-refractivity contribution in [2.45, 2.75) is 36.1 Å². The average molecular weight is 273 g/mol. The van der Waals surface area contributed by atoms with E-state index in [4.69, 9.17) is 4.74 Å². The molecule has 4 heteroatoms. The van der Waals surface area contributed by atoms with Crippen LogP contribution < -0.4 is 10.1 Å². The van der Waals surface area contributed by atoms with Gasteiger partial charge in [-0.3, -0.25) is 4.79 Å². The van der Waals surface area contributed by atoms with Gasteiger partial charge in [0.1, 0.15) is 5.75 Å². The van der Waals surface area contributed by atoms with Gasteiger partial charge in [-0.05, 0) is 49.0 Å². The molecule has 1 fully saturated rings. The molecule has 0 radical (unpaired) electrons. The van der Waals surface area contributed by atoms with E-state index < -0.39 is 0 Å². The molecule has 98 valence electrons. The molecule has 0 atom stereocenters. The second kappa shape index (κ2) is 3.79. The van der Waals surface area contributed by atoms with Crippen molar-refractivity contribution in [3.8, 4) is 5.75 Å². The van der Waals surface area contributed by atoms with Crippen molar-refractivity contribution < 1.29 is 9.53 Å². The van der Waals surface area contributed by atoms with Crippen LogP contribution in [0.4, 0.5) is 0 Å². The Morgan fingerprint density at radius 2 is 2.21 bits per heavy atom. The van der Waals surface area contributed by atoms with Crippen LogP contribution in [0.1, 0.15) is 24.8 Å². The van der Waals surface area contributed by atoms with Crippen LogP contribution in [0, 0.1) is 0 Å². The lowest BCUT2D eigenvalue weighted by molar-refractivity contribution is -0.118. The van der Waals surface area contributed by atoms with Crippen LogP contribution >= 0.6 is 11.8 Å². The molecule has 1 aromatic rings. The molecule has 2 heterocycles. The fourth-order valence-corrected chi connectivity index (χ4v) is 4.05. The summed E-state index contributed by atoms with van der Waals surface area (Å²) in [6, 6.07) is 6.15. The fourth-order valence-electron chi connectivity index (χ4n) is 2.95. The van der Waals surface area contributed by atoms with E-state index in [-0.39, 0.29) is 11.4 Å². The Bertz CT molecular complexity index is 617. The highest BCUT2D eigenvalue weighted by molar-refractivity contribution is 8.04. The molecule has 1 aliphatic carbocycles. The molecular formula is C15H15NO2S. The molecule has 1 aromatic carbocycles. The molecule has 1 spiro atoms. The summed E-state index contributed by atoms with van der Waals surface area (Å²) in [6.07, 6.45) is 4.22. The van der Waals surface area contributed by atoms with Crippen LogP contribution in [0.2, 0.25) is 0 Å². The summed E-state index contributed by atoms with van der Waals surface area (Å²) in [7, 11) is 1.67.